The number of hydrogen-bond acceptors (Lipinski definition) is 5. The van der Waals surface area contributed by atoms with Crippen molar-refractivity contribution < 1.29 is 14.5 Å². The first-order valence-corrected chi connectivity index (χ1v) is 7.58. The quantitative estimate of drug-likeness (QED) is 0.589. The molecule has 1 heterocycles. The van der Waals surface area contributed by atoms with Gasteiger partial charge in [0.25, 0.3) is 0 Å². The van der Waals surface area contributed by atoms with Gasteiger partial charge in [-0.1, -0.05) is 24.3 Å². The van der Waals surface area contributed by atoms with Crippen molar-refractivity contribution in [2.24, 2.45) is 0 Å². The first-order valence-electron chi connectivity index (χ1n) is 7.58. The Labute approximate surface area is 139 Å². The number of carbonyl (C=O) groups is 1. The van der Waals surface area contributed by atoms with E-state index in [4.69, 9.17) is 4.74 Å². The predicted octanol–water partition coefficient (Wildman–Crippen LogP) is 2.03. The van der Waals surface area contributed by atoms with Crippen molar-refractivity contribution in [1.29, 1.82) is 0 Å². The van der Waals surface area contributed by atoms with E-state index in [1.807, 2.05) is 38.1 Å². The lowest BCUT2D eigenvalue weighted by molar-refractivity contribution is -0.389. The Bertz CT molecular complexity index is 712. The number of nitro groups is 1. The maximum atomic E-state index is 12.0. The standard InChI is InChI=1S/C16H20N4O4/c1-12(2)24-11-14-6-4-3-5-13(14)9-17-16(21)10-19-8-7-15(18-19)20(22)23/h3-8,12H,9-11H2,1-2H3,(H,17,21). The Morgan fingerprint density at radius 3 is 2.67 bits per heavy atom. The highest BCUT2D eigenvalue weighted by atomic mass is 16.6. The van der Waals surface area contributed by atoms with Crippen molar-refractivity contribution in [2.45, 2.75) is 39.6 Å². The second-order valence-corrected chi connectivity index (χ2v) is 5.53. The number of benzene rings is 1. The summed E-state index contributed by atoms with van der Waals surface area (Å²) in [5.74, 6) is -0.549. The first kappa shape index (κ1) is 17.6. The topological polar surface area (TPSA) is 99.3 Å². The number of amides is 1. The Hall–Kier alpha value is -2.74. The lowest BCUT2D eigenvalue weighted by Gasteiger charge is -2.12. The summed E-state index contributed by atoms with van der Waals surface area (Å²) < 4.78 is 6.84. The van der Waals surface area contributed by atoms with Crippen LogP contribution in [0.2, 0.25) is 0 Å². The average Bonchev–Trinajstić information content (AvgIpc) is 3.00. The molecule has 1 aromatic carbocycles. The zero-order valence-electron chi connectivity index (χ0n) is 13.6. The van der Waals surface area contributed by atoms with Crippen LogP contribution in [0.1, 0.15) is 25.0 Å². The van der Waals surface area contributed by atoms with E-state index in [1.165, 1.54) is 16.9 Å². The average molecular weight is 332 g/mol. The third-order valence-electron chi connectivity index (χ3n) is 3.29. The minimum atomic E-state index is -0.598. The zero-order valence-corrected chi connectivity index (χ0v) is 13.6. The fraction of sp³-hybridized carbons (Fsp3) is 0.375. The largest absolute Gasteiger partial charge is 0.389 e. The normalized spacial score (nSPS) is 10.8. The predicted molar refractivity (Wildman–Crippen MR) is 87.1 cm³/mol. The second-order valence-electron chi connectivity index (χ2n) is 5.53. The van der Waals surface area contributed by atoms with Crippen molar-refractivity contribution in [1.82, 2.24) is 15.1 Å². The van der Waals surface area contributed by atoms with E-state index < -0.39 is 4.92 Å². The summed E-state index contributed by atoms with van der Waals surface area (Å²) in [4.78, 5) is 21.9. The van der Waals surface area contributed by atoms with Gasteiger partial charge in [-0.3, -0.25) is 4.79 Å². The van der Waals surface area contributed by atoms with E-state index in [2.05, 4.69) is 10.4 Å². The van der Waals surface area contributed by atoms with E-state index in [9.17, 15) is 14.9 Å². The Kier molecular flexibility index (Phi) is 6.02. The van der Waals surface area contributed by atoms with E-state index in [1.54, 1.807) is 0 Å². The van der Waals surface area contributed by atoms with E-state index in [0.717, 1.165) is 11.1 Å². The van der Waals surface area contributed by atoms with Crippen LogP contribution in [0.3, 0.4) is 0 Å². The summed E-state index contributed by atoms with van der Waals surface area (Å²) in [5, 5.41) is 17.1. The number of rotatable bonds is 8. The molecule has 0 atom stereocenters. The summed E-state index contributed by atoms with van der Waals surface area (Å²) in [5.41, 5.74) is 1.99. The highest BCUT2D eigenvalue weighted by Gasteiger charge is 2.13. The number of nitrogens with zero attached hydrogens (tertiary/aromatic N) is 3. The minimum Gasteiger partial charge on any atom is -0.374 e. The van der Waals surface area contributed by atoms with Crippen LogP contribution in [0.4, 0.5) is 5.82 Å². The summed E-state index contributed by atoms with van der Waals surface area (Å²) >= 11 is 0. The molecule has 0 radical (unpaired) electrons. The molecule has 0 unspecified atom stereocenters. The van der Waals surface area contributed by atoms with Crippen LogP contribution < -0.4 is 5.32 Å². The Morgan fingerprint density at radius 1 is 1.33 bits per heavy atom. The van der Waals surface area contributed by atoms with Crippen LogP contribution in [0.15, 0.2) is 36.5 Å². The summed E-state index contributed by atoms with van der Waals surface area (Å²) in [6.45, 7) is 4.70. The highest BCUT2D eigenvalue weighted by molar-refractivity contribution is 5.75. The monoisotopic (exact) mass is 332 g/mol. The number of carbonyl (C=O) groups excluding carboxylic acids is 1. The SMILES string of the molecule is CC(C)OCc1ccccc1CNC(=O)Cn1ccc([N+](=O)[O-])n1. The minimum absolute atomic E-state index is 0.0709. The molecule has 8 heteroatoms. The van der Waals surface area contributed by atoms with Crippen molar-refractivity contribution in [3.05, 3.63) is 57.8 Å². The second kappa shape index (κ2) is 8.21. The van der Waals surface area contributed by atoms with Gasteiger partial charge in [0.2, 0.25) is 5.91 Å². The Balaban J connectivity index is 1.90. The molecule has 128 valence electrons. The molecular formula is C16H20N4O4. The molecule has 1 N–H and O–H groups in total. The molecule has 1 amide bonds. The summed E-state index contributed by atoms with van der Waals surface area (Å²) in [6, 6.07) is 8.97. The number of hydrogen-bond donors (Lipinski definition) is 1. The van der Waals surface area contributed by atoms with Gasteiger partial charge in [-0.15, -0.1) is 0 Å². The van der Waals surface area contributed by atoms with Crippen LogP contribution in [0.25, 0.3) is 0 Å². The van der Waals surface area contributed by atoms with Gasteiger partial charge in [-0.25, -0.2) is 0 Å². The van der Waals surface area contributed by atoms with E-state index >= 15 is 0 Å². The molecule has 0 spiro atoms. The van der Waals surface area contributed by atoms with Crippen molar-refractivity contribution >= 4 is 11.7 Å². The van der Waals surface area contributed by atoms with Gasteiger partial charge in [0, 0.05) is 6.54 Å². The lowest BCUT2D eigenvalue weighted by Crippen LogP contribution is -2.27. The fourth-order valence-electron chi connectivity index (χ4n) is 2.06. The van der Waals surface area contributed by atoms with Crippen molar-refractivity contribution in [3.63, 3.8) is 0 Å². The third-order valence-corrected chi connectivity index (χ3v) is 3.29. The van der Waals surface area contributed by atoms with Crippen LogP contribution in [-0.4, -0.2) is 26.7 Å². The molecule has 0 bridgehead atoms. The maximum absolute atomic E-state index is 12.0. The molecule has 24 heavy (non-hydrogen) atoms. The van der Waals surface area contributed by atoms with Gasteiger partial charge in [-0.2, -0.15) is 4.68 Å². The van der Waals surface area contributed by atoms with Gasteiger partial charge in [0.05, 0.1) is 30.1 Å². The maximum Gasteiger partial charge on any atom is 0.389 e. The molecule has 8 nitrogen and oxygen atoms in total. The number of ether oxygens (including phenoxy) is 1. The van der Waals surface area contributed by atoms with Crippen LogP contribution in [0, 0.1) is 10.1 Å². The summed E-state index contributed by atoms with van der Waals surface area (Å²) in [7, 11) is 0. The van der Waals surface area contributed by atoms with Crippen molar-refractivity contribution in [2.75, 3.05) is 0 Å². The molecule has 0 fully saturated rings. The van der Waals surface area contributed by atoms with Crippen LogP contribution >= 0.6 is 0 Å². The first-order chi connectivity index (χ1) is 11.5. The molecule has 0 aliphatic heterocycles. The van der Waals surface area contributed by atoms with Crippen LogP contribution in [-0.2, 0) is 29.2 Å². The fourth-order valence-corrected chi connectivity index (χ4v) is 2.06. The molecular weight excluding hydrogens is 312 g/mol. The van der Waals surface area contributed by atoms with Gasteiger partial charge < -0.3 is 20.2 Å². The highest BCUT2D eigenvalue weighted by Crippen LogP contribution is 2.11. The van der Waals surface area contributed by atoms with Gasteiger partial charge in [0.1, 0.15) is 6.54 Å². The zero-order chi connectivity index (χ0) is 17.5. The molecule has 2 rings (SSSR count). The molecule has 0 aliphatic rings. The third kappa shape index (κ3) is 5.17. The number of nitrogens with one attached hydrogen (secondary N) is 1. The van der Waals surface area contributed by atoms with E-state index in [0.29, 0.717) is 13.2 Å². The van der Waals surface area contributed by atoms with Gasteiger partial charge in [0.15, 0.2) is 0 Å². The molecule has 0 saturated heterocycles. The summed E-state index contributed by atoms with van der Waals surface area (Å²) in [6.07, 6.45) is 1.53. The number of aromatic nitrogens is 2. The molecule has 1 aromatic heterocycles. The van der Waals surface area contributed by atoms with E-state index in [-0.39, 0.29) is 24.4 Å². The smallest absolute Gasteiger partial charge is 0.374 e. The molecule has 2 aromatic rings. The van der Waals surface area contributed by atoms with Gasteiger partial charge in [-0.05, 0) is 29.9 Å². The molecule has 0 saturated carbocycles. The Morgan fingerprint density at radius 2 is 2.04 bits per heavy atom. The van der Waals surface area contributed by atoms with Gasteiger partial charge >= 0.3 is 5.82 Å². The van der Waals surface area contributed by atoms with Crippen LogP contribution in [0.5, 0.6) is 0 Å². The molecule has 0 aliphatic carbocycles. The van der Waals surface area contributed by atoms with Crippen molar-refractivity contribution in [3.8, 4) is 0 Å². The lowest BCUT2D eigenvalue weighted by atomic mass is 10.1.